The predicted molar refractivity (Wildman–Crippen MR) is 87.4 cm³/mol. The Hall–Kier alpha value is -0.910. The first-order valence-corrected chi connectivity index (χ1v) is 8.63. The maximum atomic E-state index is 11.5. The van der Waals surface area contributed by atoms with E-state index >= 15 is 0 Å². The average molecular weight is 300 g/mol. The standard InChI is InChI=1S/C14H28N4OS/c1-5-15-14(16-9-8-13(19)18(2)3)17-11-6-7-12(10-11)20-4/h11-12H,5-10H2,1-4H3,(H2,15,16,17). The molecule has 0 aromatic heterocycles. The highest BCUT2D eigenvalue weighted by molar-refractivity contribution is 7.99. The molecule has 0 aromatic rings. The number of aliphatic imine (C=N–C) groups is 1. The van der Waals surface area contributed by atoms with E-state index in [4.69, 9.17) is 0 Å². The van der Waals surface area contributed by atoms with Crippen molar-refractivity contribution in [2.24, 2.45) is 4.99 Å². The summed E-state index contributed by atoms with van der Waals surface area (Å²) < 4.78 is 0. The van der Waals surface area contributed by atoms with Crippen LogP contribution in [-0.2, 0) is 4.79 Å². The zero-order valence-corrected chi connectivity index (χ0v) is 13.9. The minimum Gasteiger partial charge on any atom is -0.357 e. The van der Waals surface area contributed by atoms with Crippen LogP contribution in [0.15, 0.2) is 4.99 Å². The number of hydrogen-bond donors (Lipinski definition) is 2. The number of hydrogen-bond acceptors (Lipinski definition) is 3. The number of thioether (sulfide) groups is 1. The van der Waals surface area contributed by atoms with Gasteiger partial charge >= 0.3 is 0 Å². The Bertz CT molecular complexity index is 333. The van der Waals surface area contributed by atoms with Gasteiger partial charge in [-0.25, -0.2) is 0 Å². The van der Waals surface area contributed by atoms with Gasteiger partial charge in [-0.05, 0) is 32.4 Å². The number of nitrogens with zero attached hydrogens (tertiary/aromatic N) is 2. The monoisotopic (exact) mass is 300 g/mol. The van der Waals surface area contributed by atoms with Gasteiger partial charge in [0, 0.05) is 38.4 Å². The lowest BCUT2D eigenvalue weighted by Crippen LogP contribution is -2.42. The molecule has 1 rings (SSSR count). The van der Waals surface area contributed by atoms with Crippen LogP contribution in [0.25, 0.3) is 0 Å². The smallest absolute Gasteiger partial charge is 0.223 e. The van der Waals surface area contributed by atoms with Gasteiger partial charge in [-0.3, -0.25) is 9.79 Å². The first kappa shape index (κ1) is 17.1. The molecule has 116 valence electrons. The van der Waals surface area contributed by atoms with E-state index in [1.165, 1.54) is 19.3 Å². The fourth-order valence-corrected chi connectivity index (χ4v) is 3.08. The highest BCUT2D eigenvalue weighted by Crippen LogP contribution is 2.27. The van der Waals surface area contributed by atoms with Crippen molar-refractivity contribution in [1.29, 1.82) is 0 Å². The first-order valence-electron chi connectivity index (χ1n) is 7.34. The van der Waals surface area contributed by atoms with Crippen LogP contribution in [0.5, 0.6) is 0 Å². The Kier molecular flexibility index (Phi) is 7.80. The zero-order chi connectivity index (χ0) is 15.0. The maximum Gasteiger partial charge on any atom is 0.223 e. The van der Waals surface area contributed by atoms with Crippen molar-refractivity contribution >= 4 is 23.6 Å². The molecule has 2 N–H and O–H groups in total. The van der Waals surface area contributed by atoms with Gasteiger partial charge in [-0.2, -0.15) is 11.8 Å². The molecule has 1 saturated carbocycles. The molecule has 0 heterocycles. The summed E-state index contributed by atoms with van der Waals surface area (Å²) in [7, 11) is 3.55. The molecular weight excluding hydrogens is 272 g/mol. The van der Waals surface area contributed by atoms with Crippen LogP contribution < -0.4 is 10.6 Å². The number of nitrogens with one attached hydrogen (secondary N) is 2. The van der Waals surface area contributed by atoms with Crippen LogP contribution in [0.3, 0.4) is 0 Å². The number of rotatable bonds is 6. The van der Waals surface area contributed by atoms with Crippen LogP contribution in [0.4, 0.5) is 0 Å². The van der Waals surface area contributed by atoms with Crippen molar-refractivity contribution in [1.82, 2.24) is 15.5 Å². The van der Waals surface area contributed by atoms with Gasteiger partial charge in [-0.1, -0.05) is 0 Å². The quantitative estimate of drug-likeness (QED) is 0.573. The number of amides is 1. The molecular formula is C14H28N4OS. The molecule has 1 fully saturated rings. The summed E-state index contributed by atoms with van der Waals surface area (Å²) in [6.07, 6.45) is 6.31. The second-order valence-electron chi connectivity index (χ2n) is 5.31. The normalized spacial score (nSPS) is 22.7. The van der Waals surface area contributed by atoms with E-state index in [1.54, 1.807) is 19.0 Å². The average Bonchev–Trinajstić information content (AvgIpc) is 2.86. The minimum absolute atomic E-state index is 0.118. The number of guanidine groups is 1. The first-order chi connectivity index (χ1) is 9.56. The lowest BCUT2D eigenvalue weighted by Gasteiger charge is -2.17. The topological polar surface area (TPSA) is 56.7 Å². The van der Waals surface area contributed by atoms with Crippen LogP contribution in [0, 0.1) is 0 Å². The Morgan fingerprint density at radius 2 is 2.15 bits per heavy atom. The van der Waals surface area contributed by atoms with Crippen molar-refractivity contribution in [2.45, 2.75) is 43.9 Å². The van der Waals surface area contributed by atoms with E-state index in [-0.39, 0.29) is 5.91 Å². The highest BCUT2D eigenvalue weighted by atomic mass is 32.2. The lowest BCUT2D eigenvalue weighted by molar-refractivity contribution is -0.128. The molecule has 6 heteroatoms. The molecule has 1 aliphatic carbocycles. The van der Waals surface area contributed by atoms with E-state index in [0.717, 1.165) is 17.8 Å². The third kappa shape index (κ3) is 6.03. The van der Waals surface area contributed by atoms with E-state index in [9.17, 15) is 4.79 Å². The summed E-state index contributed by atoms with van der Waals surface area (Å²) in [4.78, 5) is 17.6. The van der Waals surface area contributed by atoms with Crippen molar-refractivity contribution in [3.63, 3.8) is 0 Å². The van der Waals surface area contributed by atoms with Crippen LogP contribution >= 0.6 is 11.8 Å². The lowest BCUT2D eigenvalue weighted by atomic mass is 10.2. The molecule has 0 spiro atoms. The zero-order valence-electron chi connectivity index (χ0n) is 13.1. The maximum absolute atomic E-state index is 11.5. The summed E-state index contributed by atoms with van der Waals surface area (Å²) in [5.74, 6) is 0.957. The highest BCUT2D eigenvalue weighted by Gasteiger charge is 2.24. The van der Waals surface area contributed by atoms with Gasteiger partial charge in [0.05, 0.1) is 6.54 Å². The Morgan fingerprint density at radius 3 is 2.70 bits per heavy atom. The van der Waals surface area contributed by atoms with Crippen molar-refractivity contribution < 1.29 is 4.79 Å². The minimum atomic E-state index is 0.118. The van der Waals surface area contributed by atoms with Gasteiger partial charge < -0.3 is 15.5 Å². The van der Waals surface area contributed by atoms with Gasteiger partial charge in [0.15, 0.2) is 5.96 Å². The third-order valence-corrected chi connectivity index (χ3v) is 4.59. The largest absolute Gasteiger partial charge is 0.357 e. The molecule has 0 bridgehead atoms. The molecule has 0 saturated heterocycles. The summed E-state index contributed by atoms with van der Waals surface area (Å²) in [6, 6.07) is 0.509. The SMILES string of the molecule is CCNC(=NCCC(=O)N(C)C)NC1CCC(SC)C1. The van der Waals surface area contributed by atoms with Crippen LogP contribution in [0.1, 0.15) is 32.6 Å². The molecule has 20 heavy (non-hydrogen) atoms. The fourth-order valence-electron chi connectivity index (χ4n) is 2.29. The van der Waals surface area contributed by atoms with Gasteiger partial charge in [-0.15, -0.1) is 0 Å². The second-order valence-corrected chi connectivity index (χ2v) is 6.45. The van der Waals surface area contributed by atoms with Gasteiger partial charge in [0.2, 0.25) is 5.91 Å². The summed E-state index contributed by atoms with van der Waals surface area (Å²) in [5.41, 5.74) is 0. The van der Waals surface area contributed by atoms with E-state index in [1.807, 2.05) is 11.8 Å². The van der Waals surface area contributed by atoms with Crippen LogP contribution in [-0.4, -0.2) is 61.5 Å². The molecule has 1 aliphatic rings. The number of carbonyl (C=O) groups excluding carboxylic acids is 1. The number of carbonyl (C=O) groups is 1. The van der Waals surface area contributed by atoms with Gasteiger partial charge in [0.1, 0.15) is 0 Å². The predicted octanol–water partition coefficient (Wildman–Crippen LogP) is 1.30. The molecule has 0 aromatic carbocycles. The molecule has 1 amide bonds. The van der Waals surface area contributed by atoms with Crippen molar-refractivity contribution in [3.8, 4) is 0 Å². The van der Waals surface area contributed by atoms with E-state index in [2.05, 4.69) is 28.8 Å². The summed E-state index contributed by atoms with van der Waals surface area (Å²) >= 11 is 1.95. The Labute approximate surface area is 127 Å². The van der Waals surface area contributed by atoms with Crippen molar-refractivity contribution in [2.75, 3.05) is 33.4 Å². The van der Waals surface area contributed by atoms with Crippen LogP contribution in [0.2, 0.25) is 0 Å². The molecule has 2 unspecified atom stereocenters. The van der Waals surface area contributed by atoms with E-state index in [0.29, 0.717) is 19.0 Å². The molecule has 2 atom stereocenters. The molecule has 5 nitrogen and oxygen atoms in total. The Balaban J connectivity index is 2.41. The molecule has 0 radical (unpaired) electrons. The summed E-state index contributed by atoms with van der Waals surface area (Å²) in [5, 5.41) is 7.51. The fraction of sp³-hybridized carbons (Fsp3) is 0.857. The van der Waals surface area contributed by atoms with E-state index < -0.39 is 0 Å². The third-order valence-electron chi connectivity index (χ3n) is 3.50. The summed E-state index contributed by atoms with van der Waals surface area (Å²) in [6.45, 7) is 3.43. The second kappa shape index (κ2) is 9.10. The van der Waals surface area contributed by atoms with Gasteiger partial charge in [0.25, 0.3) is 0 Å². The van der Waals surface area contributed by atoms with Crippen molar-refractivity contribution in [3.05, 3.63) is 0 Å². The molecule has 0 aliphatic heterocycles. The Morgan fingerprint density at radius 1 is 1.40 bits per heavy atom.